The molecule has 0 saturated heterocycles. The maximum Gasteiger partial charge on any atom is 0.143 e. The molecule has 17 rings (SSSR count). The standard InChI is InChI=1S/C78H45FO2/c79-49-36-33-47(34-37-49)73-59-24-8-12-28-63(59)75(64-29-13-9-25-60(64)73)67-44-43-66-53-20-14-15-31-69(53)81-78-50(39-41-68(67)77(66)78)48-35-38-54-65-42-40-52(56-30-16-32-70(76(56)65)80-71(54)45-48)51-19-4-5-21-55(51)74-61-26-10-6-22-57(61)72(46-17-2-1-3-18-46)58-23-7-11-27-62(58)74/h1-45H. The number of fused-ring (bicyclic) bond motifs is 8. The molecule has 0 spiro atoms. The molecule has 376 valence electrons. The minimum atomic E-state index is -0.251. The predicted octanol–water partition coefficient (Wildman–Crippen LogP) is 22.3. The third-order valence-electron chi connectivity index (χ3n) is 17.1. The van der Waals surface area contributed by atoms with Crippen LogP contribution >= 0.6 is 0 Å². The number of benzene rings is 15. The van der Waals surface area contributed by atoms with Crippen LogP contribution in [-0.2, 0) is 0 Å². The summed E-state index contributed by atoms with van der Waals surface area (Å²) in [5.74, 6) is 3.02. The van der Waals surface area contributed by atoms with E-state index in [1.807, 2.05) is 18.2 Å². The molecule has 0 unspecified atom stereocenters. The first kappa shape index (κ1) is 45.4. The van der Waals surface area contributed by atoms with Crippen LogP contribution in [-0.4, -0.2) is 0 Å². The molecule has 2 aliphatic rings. The lowest BCUT2D eigenvalue weighted by Crippen LogP contribution is -2.01. The Kier molecular flexibility index (Phi) is 9.93. The van der Waals surface area contributed by atoms with E-state index in [2.05, 4.69) is 243 Å². The van der Waals surface area contributed by atoms with Gasteiger partial charge in [0.1, 0.15) is 28.8 Å². The average molecular weight is 1030 g/mol. The smallest absolute Gasteiger partial charge is 0.143 e. The van der Waals surface area contributed by atoms with E-state index in [-0.39, 0.29) is 5.82 Å². The van der Waals surface area contributed by atoms with Crippen LogP contribution in [0, 0.1) is 5.82 Å². The molecule has 0 atom stereocenters. The normalized spacial score (nSPS) is 12.2. The molecule has 2 nitrogen and oxygen atoms in total. The summed E-state index contributed by atoms with van der Waals surface area (Å²) in [6.07, 6.45) is 0. The third kappa shape index (κ3) is 6.79. The molecule has 0 saturated carbocycles. The van der Waals surface area contributed by atoms with Crippen molar-refractivity contribution in [3.05, 3.63) is 279 Å². The van der Waals surface area contributed by atoms with E-state index in [1.54, 1.807) is 12.1 Å². The van der Waals surface area contributed by atoms with Crippen LogP contribution in [0.1, 0.15) is 0 Å². The van der Waals surface area contributed by atoms with Crippen LogP contribution in [0.25, 0.3) is 154 Å². The molecule has 0 fully saturated rings. The zero-order chi connectivity index (χ0) is 53.3. The molecule has 15 aromatic rings. The number of rotatable bonds is 6. The van der Waals surface area contributed by atoms with Gasteiger partial charge in [-0.1, -0.05) is 231 Å². The largest absolute Gasteiger partial charge is 0.456 e. The van der Waals surface area contributed by atoms with E-state index in [0.29, 0.717) is 0 Å². The second-order valence-corrected chi connectivity index (χ2v) is 21.4. The van der Waals surface area contributed by atoms with Crippen molar-refractivity contribution in [3.8, 4) is 112 Å². The zero-order valence-corrected chi connectivity index (χ0v) is 43.7. The first-order valence-corrected chi connectivity index (χ1v) is 27.7. The van der Waals surface area contributed by atoms with Gasteiger partial charge in [0.05, 0.1) is 0 Å². The third-order valence-corrected chi connectivity index (χ3v) is 17.1. The first-order chi connectivity index (χ1) is 40.1. The van der Waals surface area contributed by atoms with Crippen LogP contribution in [0.4, 0.5) is 4.39 Å². The maximum atomic E-state index is 14.4. The Morgan fingerprint density at radius 1 is 0.210 bits per heavy atom. The van der Waals surface area contributed by atoms with Gasteiger partial charge in [0.2, 0.25) is 0 Å². The Labute approximate surface area is 466 Å². The highest BCUT2D eigenvalue weighted by atomic mass is 19.1. The molecule has 0 amide bonds. The van der Waals surface area contributed by atoms with Crippen molar-refractivity contribution >= 4 is 64.6 Å². The fourth-order valence-corrected chi connectivity index (χ4v) is 13.7. The van der Waals surface area contributed by atoms with E-state index in [0.717, 1.165) is 127 Å². The average Bonchev–Trinajstić information content (AvgIpc) is 3.71. The van der Waals surface area contributed by atoms with Gasteiger partial charge in [-0.25, -0.2) is 4.39 Å². The highest BCUT2D eigenvalue weighted by Gasteiger charge is 2.29. The lowest BCUT2D eigenvalue weighted by Gasteiger charge is -2.27. The summed E-state index contributed by atoms with van der Waals surface area (Å²) in [6, 6.07) is 96.7. The summed E-state index contributed by atoms with van der Waals surface area (Å²) in [4.78, 5) is 0. The number of para-hydroxylation sites is 1. The van der Waals surface area contributed by atoms with Crippen LogP contribution in [0.15, 0.2) is 273 Å². The van der Waals surface area contributed by atoms with Gasteiger partial charge in [0, 0.05) is 27.5 Å². The minimum Gasteiger partial charge on any atom is -0.456 e. The van der Waals surface area contributed by atoms with Gasteiger partial charge in [0.15, 0.2) is 0 Å². The van der Waals surface area contributed by atoms with Gasteiger partial charge in [-0.2, -0.15) is 0 Å². The number of hydrogen-bond donors (Lipinski definition) is 0. The Bertz CT molecular complexity index is 5060. The molecule has 0 radical (unpaired) electrons. The summed E-state index contributed by atoms with van der Waals surface area (Å²) in [6.45, 7) is 0. The fourth-order valence-electron chi connectivity index (χ4n) is 13.7. The second-order valence-electron chi connectivity index (χ2n) is 21.4. The van der Waals surface area contributed by atoms with E-state index in [4.69, 9.17) is 9.47 Å². The highest BCUT2D eigenvalue weighted by Crippen LogP contribution is 2.57. The number of halogens is 1. The molecule has 2 heterocycles. The van der Waals surface area contributed by atoms with Gasteiger partial charge in [-0.05, 0) is 169 Å². The van der Waals surface area contributed by atoms with Gasteiger partial charge in [-0.15, -0.1) is 0 Å². The molecule has 0 bridgehead atoms. The van der Waals surface area contributed by atoms with Crippen LogP contribution in [0.3, 0.4) is 0 Å². The second kappa shape index (κ2) is 17.7. The minimum absolute atomic E-state index is 0.251. The molecule has 15 aromatic carbocycles. The quantitative estimate of drug-likeness (QED) is 0.155. The van der Waals surface area contributed by atoms with Crippen molar-refractivity contribution in [2.45, 2.75) is 0 Å². The van der Waals surface area contributed by atoms with Crippen LogP contribution in [0.2, 0.25) is 0 Å². The van der Waals surface area contributed by atoms with Crippen molar-refractivity contribution in [2.75, 3.05) is 0 Å². The molecular weight excluding hydrogens is 988 g/mol. The van der Waals surface area contributed by atoms with Crippen LogP contribution in [0.5, 0.6) is 23.0 Å². The molecule has 2 aliphatic heterocycles. The molecule has 0 aliphatic carbocycles. The van der Waals surface area contributed by atoms with Crippen molar-refractivity contribution < 1.29 is 13.9 Å². The van der Waals surface area contributed by atoms with E-state index < -0.39 is 0 Å². The first-order valence-electron chi connectivity index (χ1n) is 27.7. The van der Waals surface area contributed by atoms with E-state index in [9.17, 15) is 4.39 Å². The predicted molar refractivity (Wildman–Crippen MR) is 335 cm³/mol. The van der Waals surface area contributed by atoms with Crippen molar-refractivity contribution in [1.29, 1.82) is 0 Å². The van der Waals surface area contributed by atoms with Crippen molar-refractivity contribution in [3.63, 3.8) is 0 Å². The van der Waals surface area contributed by atoms with Crippen LogP contribution < -0.4 is 9.47 Å². The Morgan fingerprint density at radius 2 is 0.630 bits per heavy atom. The Balaban J connectivity index is 0.816. The monoisotopic (exact) mass is 1030 g/mol. The van der Waals surface area contributed by atoms with Crippen molar-refractivity contribution in [2.24, 2.45) is 0 Å². The topological polar surface area (TPSA) is 18.5 Å². The van der Waals surface area contributed by atoms with Gasteiger partial charge < -0.3 is 9.47 Å². The zero-order valence-electron chi connectivity index (χ0n) is 43.7. The Morgan fingerprint density at radius 3 is 1.27 bits per heavy atom. The number of hydrogen-bond acceptors (Lipinski definition) is 2. The summed E-state index contributed by atoms with van der Waals surface area (Å²) in [5, 5.41) is 13.8. The van der Waals surface area contributed by atoms with Gasteiger partial charge >= 0.3 is 0 Å². The van der Waals surface area contributed by atoms with Gasteiger partial charge in [-0.3, -0.25) is 0 Å². The molecule has 0 N–H and O–H groups in total. The van der Waals surface area contributed by atoms with E-state index >= 15 is 0 Å². The summed E-state index contributed by atoms with van der Waals surface area (Å²) >= 11 is 0. The van der Waals surface area contributed by atoms with E-state index in [1.165, 1.54) is 49.4 Å². The van der Waals surface area contributed by atoms with Gasteiger partial charge in [0.25, 0.3) is 0 Å². The summed E-state index contributed by atoms with van der Waals surface area (Å²) in [5.41, 5.74) is 17.9. The summed E-state index contributed by atoms with van der Waals surface area (Å²) < 4.78 is 28.6. The maximum absolute atomic E-state index is 14.4. The molecule has 0 aromatic heterocycles. The molecule has 81 heavy (non-hydrogen) atoms. The lowest BCUT2D eigenvalue weighted by atomic mass is 9.82. The molecule has 3 heteroatoms. The summed E-state index contributed by atoms with van der Waals surface area (Å²) in [7, 11) is 0. The fraction of sp³-hybridized carbons (Fsp3) is 0. The Hall–Kier alpha value is -10.6. The van der Waals surface area contributed by atoms with Crippen molar-refractivity contribution in [1.82, 2.24) is 0 Å². The number of ether oxygens (including phenoxy) is 2. The molecular formula is C78H45FO2. The lowest BCUT2D eigenvalue weighted by molar-refractivity contribution is 0.486. The highest BCUT2D eigenvalue weighted by molar-refractivity contribution is 6.26. The SMILES string of the molecule is Fc1ccc(-c2c3ccccc3c(-c3ccc4c5c(c(-c6ccc7c(c6)Oc6cccc8c(-c9ccccc9-c9c%10ccccc%10c(-c%10ccccc%10)c%10ccccc9%10)ccc-7c68)ccc35)Oc3ccccc3-4)c3ccccc23)cc1.